The summed E-state index contributed by atoms with van der Waals surface area (Å²) in [5.74, 6) is 1.22. The lowest BCUT2D eigenvalue weighted by molar-refractivity contribution is -0.113. The van der Waals surface area contributed by atoms with Gasteiger partial charge in [0.25, 0.3) is 0 Å². The van der Waals surface area contributed by atoms with Crippen LogP contribution in [0.4, 0.5) is 0 Å². The molecule has 0 saturated heterocycles. The number of carbonyl (C=O) groups excluding carboxylic acids is 1. The van der Waals surface area contributed by atoms with Crippen LogP contribution in [-0.2, 0) is 4.79 Å². The summed E-state index contributed by atoms with van der Waals surface area (Å²) in [6, 6.07) is 3.44. The van der Waals surface area contributed by atoms with Gasteiger partial charge >= 0.3 is 0 Å². The Morgan fingerprint density at radius 2 is 2.25 bits per heavy atom. The van der Waals surface area contributed by atoms with Crippen LogP contribution in [0, 0.1) is 0 Å². The predicted octanol–water partition coefficient (Wildman–Crippen LogP) is 2.71. The Morgan fingerprint density at radius 1 is 1.50 bits per heavy atom. The Labute approximate surface area is 98.6 Å². The molecule has 0 spiro atoms. The molecule has 0 fully saturated rings. The van der Waals surface area contributed by atoms with E-state index in [0.29, 0.717) is 22.1 Å². The maximum atomic E-state index is 11.2. The van der Waals surface area contributed by atoms with E-state index in [0.717, 1.165) is 5.56 Å². The van der Waals surface area contributed by atoms with E-state index in [9.17, 15) is 4.79 Å². The Kier molecular flexibility index (Phi) is 2.88. The van der Waals surface area contributed by atoms with Crippen molar-refractivity contribution in [2.45, 2.75) is 6.92 Å². The summed E-state index contributed by atoms with van der Waals surface area (Å²) in [5.41, 5.74) is 1.41. The van der Waals surface area contributed by atoms with Crippen molar-refractivity contribution >= 4 is 23.5 Å². The molecule has 0 atom stereocenters. The van der Waals surface area contributed by atoms with Crippen molar-refractivity contribution in [1.29, 1.82) is 0 Å². The molecule has 0 unspecified atom stereocenters. The van der Waals surface area contributed by atoms with Crippen LogP contribution in [0.25, 0.3) is 6.08 Å². The van der Waals surface area contributed by atoms with Crippen molar-refractivity contribution < 1.29 is 14.3 Å². The normalized spacial score (nSPS) is 13.6. The minimum atomic E-state index is 0.00425. The monoisotopic (exact) mass is 238 g/mol. The van der Waals surface area contributed by atoms with Crippen LogP contribution in [-0.4, -0.2) is 19.5 Å². The van der Waals surface area contributed by atoms with Gasteiger partial charge < -0.3 is 9.47 Å². The number of benzene rings is 1. The number of hydrogen-bond donors (Lipinski definition) is 0. The average molecular weight is 239 g/mol. The van der Waals surface area contributed by atoms with Crippen molar-refractivity contribution in [2.24, 2.45) is 0 Å². The first kappa shape index (κ1) is 11.0. The van der Waals surface area contributed by atoms with Crippen LogP contribution in [0.2, 0.25) is 5.02 Å². The van der Waals surface area contributed by atoms with E-state index in [2.05, 4.69) is 0 Å². The van der Waals surface area contributed by atoms with Gasteiger partial charge in [-0.1, -0.05) is 11.6 Å². The quantitative estimate of drug-likeness (QED) is 0.795. The summed E-state index contributed by atoms with van der Waals surface area (Å²) >= 11 is 5.94. The van der Waals surface area contributed by atoms with E-state index in [-0.39, 0.29) is 12.4 Å². The molecule has 3 nitrogen and oxygen atoms in total. The summed E-state index contributed by atoms with van der Waals surface area (Å²) in [4.78, 5) is 11.2. The lowest BCUT2D eigenvalue weighted by Gasteiger charge is -2.19. The highest BCUT2D eigenvalue weighted by Crippen LogP contribution is 2.38. The van der Waals surface area contributed by atoms with Gasteiger partial charge in [0.15, 0.2) is 17.3 Å². The fourth-order valence-corrected chi connectivity index (χ4v) is 1.80. The molecule has 0 aromatic heterocycles. The fraction of sp³-hybridized carbons (Fsp3) is 0.250. The van der Waals surface area contributed by atoms with Gasteiger partial charge in [0.1, 0.15) is 6.61 Å². The summed E-state index contributed by atoms with van der Waals surface area (Å²) in [7, 11) is 1.56. The Balaban J connectivity index is 2.54. The number of methoxy groups -OCH3 is 1. The third kappa shape index (κ3) is 1.91. The molecule has 1 aromatic rings. The van der Waals surface area contributed by atoms with Crippen LogP contribution < -0.4 is 9.47 Å². The zero-order valence-electron chi connectivity index (χ0n) is 9.04. The minimum Gasteiger partial charge on any atom is -0.493 e. The number of fused-ring (bicyclic) bond motifs is 1. The topological polar surface area (TPSA) is 35.5 Å². The number of ketones is 1. The standard InChI is InChI=1S/C12H11ClO3/c1-7(14)9-3-8-4-10(13)5-11(15-2)12(8)16-6-9/h3-5H,6H2,1-2H3. The molecule has 1 aromatic carbocycles. The summed E-state index contributed by atoms with van der Waals surface area (Å²) < 4.78 is 10.7. The molecule has 1 aliphatic heterocycles. The highest BCUT2D eigenvalue weighted by molar-refractivity contribution is 6.31. The van der Waals surface area contributed by atoms with E-state index in [1.165, 1.54) is 6.92 Å². The second kappa shape index (κ2) is 4.18. The Morgan fingerprint density at radius 3 is 2.88 bits per heavy atom. The van der Waals surface area contributed by atoms with Gasteiger partial charge in [0, 0.05) is 22.2 Å². The number of ether oxygens (including phenoxy) is 2. The van der Waals surface area contributed by atoms with Crippen LogP contribution in [0.15, 0.2) is 17.7 Å². The zero-order valence-corrected chi connectivity index (χ0v) is 9.80. The van der Waals surface area contributed by atoms with Gasteiger partial charge in [-0.2, -0.15) is 0 Å². The van der Waals surface area contributed by atoms with Crippen LogP contribution in [0.3, 0.4) is 0 Å². The molecule has 0 amide bonds. The van der Waals surface area contributed by atoms with E-state index in [4.69, 9.17) is 21.1 Å². The van der Waals surface area contributed by atoms with Crippen molar-refractivity contribution in [2.75, 3.05) is 13.7 Å². The first-order valence-corrected chi connectivity index (χ1v) is 5.21. The first-order chi connectivity index (χ1) is 7.61. The summed E-state index contributed by atoms with van der Waals surface area (Å²) in [6.45, 7) is 1.79. The summed E-state index contributed by atoms with van der Waals surface area (Å²) in [6.07, 6.45) is 1.79. The van der Waals surface area contributed by atoms with Gasteiger partial charge in [-0.3, -0.25) is 4.79 Å². The van der Waals surface area contributed by atoms with Gasteiger partial charge in [-0.05, 0) is 19.1 Å². The molecular weight excluding hydrogens is 228 g/mol. The lowest BCUT2D eigenvalue weighted by atomic mass is 10.0. The van der Waals surface area contributed by atoms with Crippen LogP contribution in [0.5, 0.6) is 11.5 Å². The molecule has 84 valence electrons. The molecule has 16 heavy (non-hydrogen) atoms. The minimum absolute atomic E-state index is 0.00425. The largest absolute Gasteiger partial charge is 0.493 e. The number of rotatable bonds is 2. The van der Waals surface area contributed by atoms with Crippen molar-refractivity contribution in [3.05, 3.63) is 28.3 Å². The van der Waals surface area contributed by atoms with Gasteiger partial charge in [0.05, 0.1) is 7.11 Å². The third-order valence-electron chi connectivity index (χ3n) is 2.42. The molecule has 0 aliphatic carbocycles. The van der Waals surface area contributed by atoms with Gasteiger partial charge in [-0.25, -0.2) is 0 Å². The highest BCUT2D eigenvalue weighted by atomic mass is 35.5. The average Bonchev–Trinajstić information content (AvgIpc) is 2.26. The maximum absolute atomic E-state index is 11.2. The molecule has 4 heteroatoms. The lowest BCUT2D eigenvalue weighted by Crippen LogP contribution is -2.13. The maximum Gasteiger partial charge on any atom is 0.168 e. The van der Waals surface area contributed by atoms with Crippen molar-refractivity contribution in [3.63, 3.8) is 0 Å². The smallest absolute Gasteiger partial charge is 0.168 e. The first-order valence-electron chi connectivity index (χ1n) is 4.83. The second-order valence-corrected chi connectivity index (χ2v) is 3.98. The third-order valence-corrected chi connectivity index (χ3v) is 2.64. The van der Waals surface area contributed by atoms with E-state index in [1.54, 1.807) is 25.3 Å². The molecule has 0 radical (unpaired) electrons. The number of halogens is 1. The summed E-state index contributed by atoms with van der Waals surface area (Å²) in [5, 5.41) is 0.556. The molecule has 0 bridgehead atoms. The van der Waals surface area contributed by atoms with E-state index < -0.39 is 0 Å². The second-order valence-electron chi connectivity index (χ2n) is 3.54. The predicted molar refractivity (Wildman–Crippen MR) is 62.2 cm³/mol. The molecular formula is C12H11ClO3. The zero-order chi connectivity index (χ0) is 11.7. The number of Topliss-reactive ketones (excluding diaryl/α,β-unsaturated/α-hetero) is 1. The molecule has 0 N–H and O–H groups in total. The Bertz CT molecular complexity index is 477. The molecule has 1 heterocycles. The van der Waals surface area contributed by atoms with Crippen molar-refractivity contribution in [1.82, 2.24) is 0 Å². The van der Waals surface area contributed by atoms with Crippen molar-refractivity contribution in [3.8, 4) is 11.5 Å². The van der Waals surface area contributed by atoms with Gasteiger partial charge in [0.2, 0.25) is 0 Å². The Hall–Kier alpha value is -1.48. The molecule has 1 aliphatic rings. The van der Waals surface area contributed by atoms with Crippen LogP contribution >= 0.6 is 11.6 Å². The molecule has 2 rings (SSSR count). The number of carbonyl (C=O) groups is 1. The highest BCUT2D eigenvalue weighted by Gasteiger charge is 2.18. The SMILES string of the molecule is COc1cc(Cl)cc2c1OCC(C(C)=O)=C2. The number of hydrogen-bond acceptors (Lipinski definition) is 3. The molecule has 0 saturated carbocycles. The fourth-order valence-electron chi connectivity index (χ4n) is 1.58. The van der Waals surface area contributed by atoms with Gasteiger partial charge in [-0.15, -0.1) is 0 Å². The van der Waals surface area contributed by atoms with E-state index in [1.807, 2.05) is 0 Å². The van der Waals surface area contributed by atoms with E-state index >= 15 is 0 Å². The van der Waals surface area contributed by atoms with Crippen LogP contribution in [0.1, 0.15) is 12.5 Å².